The van der Waals surface area contributed by atoms with Gasteiger partial charge in [-0.2, -0.15) is 4.31 Å². The number of carbonyl (C=O) groups excluding carboxylic acids is 1. The van der Waals surface area contributed by atoms with Gasteiger partial charge < -0.3 is 9.47 Å². The molecule has 0 aliphatic carbocycles. The molecule has 2 aromatic carbocycles. The fourth-order valence-electron chi connectivity index (χ4n) is 5.46. The number of thiazole rings is 1. The van der Waals surface area contributed by atoms with Gasteiger partial charge in [-0.05, 0) is 62.1 Å². The summed E-state index contributed by atoms with van der Waals surface area (Å²) >= 11 is 1.46. The highest BCUT2D eigenvalue weighted by Gasteiger charge is 2.32. The third-order valence-electron chi connectivity index (χ3n) is 7.77. The van der Waals surface area contributed by atoms with Crippen molar-refractivity contribution in [3.8, 4) is 5.75 Å². The fourth-order valence-corrected chi connectivity index (χ4v) is 8.20. The zero-order chi connectivity index (χ0) is 28.1. The number of nitrogens with zero attached hydrogens (tertiary/aromatic N) is 4. The molecule has 1 atom stereocenters. The molecular formula is C29H38N4O5S2. The Morgan fingerprint density at radius 2 is 1.90 bits per heavy atom. The molecule has 0 bridgehead atoms. The van der Waals surface area contributed by atoms with Crippen molar-refractivity contribution in [3.05, 3.63) is 48.0 Å². The maximum atomic E-state index is 13.9. The van der Waals surface area contributed by atoms with Gasteiger partial charge in [0.1, 0.15) is 5.75 Å². The first-order valence-corrected chi connectivity index (χ1v) is 16.3. The summed E-state index contributed by atoms with van der Waals surface area (Å²) in [5.41, 5.74) is 1.21. The molecule has 40 heavy (non-hydrogen) atoms. The van der Waals surface area contributed by atoms with Crippen LogP contribution in [-0.2, 0) is 14.8 Å². The maximum absolute atomic E-state index is 13.9. The maximum Gasteiger partial charge on any atom is 0.260 e. The van der Waals surface area contributed by atoms with Gasteiger partial charge in [-0.15, -0.1) is 0 Å². The van der Waals surface area contributed by atoms with Gasteiger partial charge >= 0.3 is 0 Å². The van der Waals surface area contributed by atoms with Gasteiger partial charge in [0, 0.05) is 50.4 Å². The van der Waals surface area contributed by atoms with Crippen LogP contribution in [0.4, 0.5) is 5.13 Å². The largest absolute Gasteiger partial charge is 0.497 e. The van der Waals surface area contributed by atoms with Crippen molar-refractivity contribution in [1.82, 2.24) is 14.2 Å². The molecule has 5 rings (SSSR count). The van der Waals surface area contributed by atoms with Gasteiger partial charge in [-0.1, -0.05) is 24.7 Å². The highest BCUT2D eigenvalue weighted by Crippen LogP contribution is 2.33. The lowest BCUT2D eigenvalue weighted by Gasteiger charge is -2.34. The molecule has 2 aliphatic heterocycles. The first-order chi connectivity index (χ1) is 19.4. The number of anilines is 1. The second-order valence-electron chi connectivity index (χ2n) is 10.3. The first kappa shape index (κ1) is 28.9. The lowest BCUT2D eigenvalue weighted by atomic mass is 10.0. The molecule has 3 aromatic rings. The summed E-state index contributed by atoms with van der Waals surface area (Å²) in [7, 11) is -2.00. The topological polar surface area (TPSA) is 92.3 Å². The highest BCUT2D eigenvalue weighted by atomic mass is 32.2. The third kappa shape index (κ3) is 6.33. The van der Waals surface area contributed by atoms with E-state index in [1.54, 1.807) is 40.6 Å². The van der Waals surface area contributed by atoms with Gasteiger partial charge in [0.25, 0.3) is 5.91 Å². The summed E-state index contributed by atoms with van der Waals surface area (Å²) in [5.74, 6) is 0.520. The van der Waals surface area contributed by atoms with E-state index >= 15 is 0 Å². The van der Waals surface area contributed by atoms with Crippen LogP contribution in [-0.4, -0.2) is 87.6 Å². The highest BCUT2D eigenvalue weighted by molar-refractivity contribution is 7.89. The Hall–Kier alpha value is -2.57. The smallest absolute Gasteiger partial charge is 0.260 e. The minimum absolute atomic E-state index is 0.0275. The molecule has 0 spiro atoms. The molecular weight excluding hydrogens is 548 g/mol. The second-order valence-corrected chi connectivity index (χ2v) is 13.2. The Morgan fingerprint density at radius 3 is 2.62 bits per heavy atom. The summed E-state index contributed by atoms with van der Waals surface area (Å²) in [6, 6.07) is 12.1. The molecule has 216 valence electrons. The normalized spacial score (nSPS) is 19.1. The van der Waals surface area contributed by atoms with E-state index in [4.69, 9.17) is 14.5 Å². The van der Waals surface area contributed by atoms with Crippen molar-refractivity contribution < 1.29 is 22.7 Å². The molecule has 3 heterocycles. The van der Waals surface area contributed by atoms with Gasteiger partial charge in [0.15, 0.2) is 5.13 Å². The zero-order valence-electron chi connectivity index (χ0n) is 23.3. The molecule has 0 radical (unpaired) electrons. The second kappa shape index (κ2) is 12.9. The number of rotatable bonds is 10. The molecule has 9 nitrogen and oxygen atoms in total. The molecule has 11 heteroatoms. The van der Waals surface area contributed by atoms with Gasteiger partial charge in [0.05, 0.1) is 35.4 Å². The average Bonchev–Trinajstić information content (AvgIpc) is 3.42. The van der Waals surface area contributed by atoms with Crippen molar-refractivity contribution in [2.45, 2.75) is 50.0 Å². The number of sulfonamides is 1. The van der Waals surface area contributed by atoms with E-state index in [9.17, 15) is 13.2 Å². The van der Waals surface area contributed by atoms with E-state index in [2.05, 4.69) is 4.90 Å². The van der Waals surface area contributed by atoms with Gasteiger partial charge in [-0.3, -0.25) is 14.6 Å². The Balaban J connectivity index is 1.38. The quantitative estimate of drug-likeness (QED) is 0.342. The van der Waals surface area contributed by atoms with Crippen LogP contribution in [0.1, 0.15) is 49.4 Å². The van der Waals surface area contributed by atoms with Crippen LogP contribution < -0.4 is 9.64 Å². The van der Waals surface area contributed by atoms with E-state index in [0.717, 1.165) is 75.2 Å². The standard InChI is InChI=1S/C29H38N4O5S2/c1-3-23-7-4-5-16-33(23)40(35,36)25-11-8-22(9-12-25)28(34)32(15-6-14-31-17-19-38-20-18-31)29-30-26-21-24(37-2)10-13-27(26)39-29/h8-13,21,23H,3-7,14-20H2,1-2H3. The predicted octanol–water partition coefficient (Wildman–Crippen LogP) is 4.63. The minimum atomic E-state index is -3.62. The van der Waals surface area contributed by atoms with Crippen molar-refractivity contribution >= 4 is 42.6 Å². The Kier molecular flexibility index (Phi) is 9.37. The Morgan fingerprint density at radius 1 is 1.12 bits per heavy atom. The summed E-state index contributed by atoms with van der Waals surface area (Å²) in [4.78, 5) is 22.9. The minimum Gasteiger partial charge on any atom is -0.497 e. The van der Waals surface area contributed by atoms with Gasteiger partial charge in [0.2, 0.25) is 10.0 Å². The Labute approximate surface area is 240 Å². The van der Waals surface area contributed by atoms with Crippen LogP contribution in [0.3, 0.4) is 0 Å². The van der Waals surface area contributed by atoms with Crippen LogP contribution in [0.15, 0.2) is 47.4 Å². The van der Waals surface area contributed by atoms with Gasteiger partial charge in [-0.25, -0.2) is 13.4 Å². The first-order valence-electron chi connectivity index (χ1n) is 14.1. The molecule has 1 aromatic heterocycles. The Bertz CT molecular complexity index is 1400. The summed E-state index contributed by atoms with van der Waals surface area (Å²) in [5, 5.41) is 0.617. The number of amides is 1. The van der Waals surface area contributed by atoms with E-state index in [1.807, 2.05) is 25.1 Å². The molecule has 1 unspecified atom stereocenters. The van der Waals surface area contributed by atoms with Crippen LogP contribution in [0.5, 0.6) is 5.75 Å². The fraction of sp³-hybridized carbons (Fsp3) is 0.517. The number of hydrogen-bond acceptors (Lipinski definition) is 8. The van der Waals surface area contributed by atoms with Crippen LogP contribution in [0, 0.1) is 0 Å². The number of benzene rings is 2. The number of morpholine rings is 1. The number of methoxy groups -OCH3 is 1. The van der Waals surface area contributed by atoms with E-state index in [0.29, 0.717) is 29.5 Å². The van der Waals surface area contributed by atoms with Crippen LogP contribution in [0.2, 0.25) is 0 Å². The number of piperidine rings is 1. The number of aromatic nitrogens is 1. The number of ether oxygens (including phenoxy) is 2. The SMILES string of the molecule is CCC1CCCCN1S(=O)(=O)c1ccc(C(=O)N(CCCN2CCOCC2)c2nc3cc(OC)ccc3s2)cc1. The average molecular weight is 587 g/mol. The number of fused-ring (bicyclic) bond motifs is 1. The molecule has 1 amide bonds. The monoisotopic (exact) mass is 586 g/mol. The molecule has 2 fully saturated rings. The zero-order valence-corrected chi connectivity index (χ0v) is 24.9. The van der Waals surface area contributed by atoms with E-state index in [1.165, 1.54) is 11.3 Å². The number of hydrogen-bond donors (Lipinski definition) is 0. The van der Waals surface area contributed by atoms with E-state index in [-0.39, 0.29) is 16.8 Å². The van der Waals surface area contributed by atoms with Crippen molar-refractivity contribution in [2.75, 3.05) is 57.9 Å². The lowest BCUT2D eigenvalue weighted by Crippen LogP contribution is -2.43. The molecule has 2 aliphatic rings. The van der Waals surface area contributed by atoms with Crippen molar-refractivity contribution in [2.24, 2.45) is 0 Å². The third-order valence-corrected chi connectivity index (χ3v) is 10.8. The van der Waals surface area contributed by atoms with Crippen LogP contribution >= 0.6 is 11.3 Å². The molecule has 0 N–H and O–H groups in total. The molecule has 0 saturated carbocycles. The summed E-state index contributed by atoms with van der Waals surface area (Å²) in [6.07, 6.45) is 4.39. The molecule has 2 saturated heterocycles. The summed E-state index contributed by atoms with van der Waals surface area (Å²) in [6.45, 7) is 7.17. The van der Waals surface area contributed by atoms with Crippen LogP contribution in [0.25, 0.3) is 10.2 Å². The summed E-state index contributed by atoms with van der Waals surface area (Å²) < 4.78 is 40.3. The van der Waals surface area contributed by atoms with Crippen molar-refractivity contribution in [3.63, 3.8) is 0 Å². The lowest BCUT2D eigenvalue weighted by molar-refractivity contribution is 0.0376. The number of carbonyl (C=O) groups is 1. The predicted molar refractivity (Wildman–Crippen MR) is 158 cm³/mol. The van der Waals surface area contributed by atoms with Crippen molar-refractivity contribution in [1.29, 1.82) is 0 Å². The van der Waals surface area contributed by atoms with E-state index < -0.39 is 10.0 Å².